The molecule has 22 heavy (non-hydrogen) atoms. The van der Waals surface area contributed by atoms with E-state index in [0.29, 0.717) is 11.1 Å². The zero-order chi connectivity index (χ0) is 15.9. The molecule has 3 rings (SSSR count). The van der Waals surface area contributed by atoms with Crippen LogP contribution >= 0.6 is 0 Å². The first-order valence-electron chi connectivity index (χ1n) is 6.39. The Labute approximate surface area is 122 Å². The van der Waals surface area contributed by atoms with Crippen molar-refractivity contribution in [3.05, 3.63) is 53.3 Å². The Balaban J connectivity index is 1.78. The van der Waals surface area contributed by atoms with Crippen LogP contribution in [0.15, 0.2) is 36.5 Å². The molecule has 0 aliphatic carbocycles. The van der Waals surface area contributed by atoms with Crippen LogP contribution in [0.1, 0.15) is 26.4 Å². The van der Waals surface area contributed by atoms with Gasteiger partial charge >= 0.3 is 6.18 Å². The summed E-state index contributed by atoms with van der Waals surface area (Å²) in [5.74, 6) is -0.933. The lowest BCUT2D eigenvalue weighted by molar-refractivity contribution is -0.142. The van der Waals surface area contributed by atoms with Crippen LogP contribution in [0.5, 0.6) is 0 Å². The molecule has 2 aromatic rings. The molecule has 0 radical (unpaired) electrons. The SMILES string of the molecule is O=C1c2ccccc2C(=O)N1Cc1ccn(CC(F)(F)F)n1. The molecule has 2 amide bonds. The number of hydrogen-bond donors (Lipinski definition) is 0. The van der Waals surface area contributed by atoms with Crippen LogP contribution in [0.25, 0.3) is 0 Å². The molecule has 0 saturated heterocycles. The molecule has 0 atom stereocenters. The summed E-state index contributed by atoms with van der Waals surface area (Å²) in [5.41, 5.74) is 0.809. The van der Waals surface area contributed by atoms with Crippen LogP contribution in [-0.2, 0) is 13.1 Å². The van der Waals surface area contributed by atoms with Gasteiger partial charge in [0.25, 0.3) is 11.8 Å². The maximum Gasteiger partial charge on any atom is 0.408 e. The number of alkyl halides is 3. The molecule has 0 fully saturated rings. The average Bonchev–Trinajstić information content (AvgIpc) is 2.97. The second-order valence-electron chi connectivity index (χ2n) is 4.86. The third kappa shape index (κ3) is 2.59. The van der Waals surface area contributed by atoms with Crippen molar-refractivity contribution < 1.29 is 22.8 Å². The van der Waals surface area contributed by atoms with Crippen molar-refractivity contribution in [2.75, 3.05) is 0 Å². The number of carbonyl (C=O) groups excluding carboxylic acids is 2. The van der Waals surface area contributed by atoms with Crippen LogP contribution in [0.3, 0.4) is 0 Å². The fraction of sp³-hybridized carbons (Fsp3) is 0.214. The lowest BCUT2D eigenvalue weighted by Gasteiger charge is -2.11. The van der Waals surface area contributed by atoms with E-state index >= 15 is 0 Å². The third-order valence-corrected chi connectivity index (χ3v) is 3.24. The van der Waals surface area contributed by atoms with E-state index in [0.717, 1.165) is 9.58 Å². The molecule has 8 heteroatoms. The van der Waals surface area contributed by atoms with E-state index in [1.807, 2.05) is 0 Å². The Hall–Kier alpha value is -2.64. The molecule has 1 aromatic heterocycles. The van der Waals surface area contributed by atoms with Crippen LogP contribution in [0, 0.1) is 0 Å². The minimum atomic E-state index is -4.38. The van der Waals surface area contributed by atoms with Gasteiger partial charge in [0.15, 0.2) is 0 Å². The van der Waals surface area contributed by atoms with E-state index in [-0.39, 0.29) is 12.2 Å². The minimum absolute atomic E-state index is 0.156. The fourth-order valence-corrected chi connectivity index (χ4v) is 2.30. The molecule has 0 unspecified atom stereocenters. The number of rotatable bonds is 3. The van der Waals surface area contributed by atoms with Gasteiger partial charge < -0.3 is 0 Å². The van der Waals surface area contributed by atoms with Crippen molar-refractivity contribution >= 4 is 11.8 Å². The number of imide groups is 1. The number of fused-ring (bicyclic) bond motifs is 1. The van der Waals surface area contributed by atoms with E-state index in [1.165, 1.54) is 24.4 Å². The van der Waals surface area contributed by atoms with Crippen molar-refractivity contribution in [2.45, 2.75) is 19.3 Å². The van der Waals surface area contributed by atoms with Gasteiger partial charge in [0, 0.05) is 6.20 Å². The first-order chi connectivity index (χ1) is 10.3. The first kappa shape index (κ1) is 14.3. The van der Waals surface area contributed by atoms with Gasteiger partial charge in [0.2, 0.25) is 0 Å². The van der Waals surface area contributed by atoms with Gasteiger partial charge in [-0.3, -0.25) is 19.2 Å². The highest BCUT2D eigenvalue weighted by Crippen LogP contribution is 2.24. The predicted octanol–water partition coefficient (Wildman–Crippen LogP) is 2.24. The van der Waals surface area contributed by atoms with Crippen molar-refractivity contribution in [3.63, 3.8) is 0 Å². The highest BCUT2D eigenvalue weighted by Gasteiger charge is 2.35. The molecule has 0 spiro atoms. The smallest absolute Gasteiger partial charge is 0.269 e. The van der Waals surface area contributed by atoms with E-state index < -0.39 is 24.5 Å². The summed E-state index contributed by atoms with van der Waals surface area (Å²) in [4.78, 5) is 25.3. The Morgan fingerprint density at radius 1 is 1.00 bits per heavy atom. The van der Waals surface area contributed by atoms with Gasteiger partial charge in [-0.2, -0.15) is 18.3 Å². The van der Waals surface area contributed by atoms with E-state index in [4.69, 9.17) is 0 Å². The number of aromatic nitrogens is 2. The van der Waals surface area contributed by atoms with Crippen LogP contribution in [-0.4, -0.2) is 32.7 Å². The molecule has 114 valence electrons. The van der Waals surface area contributed by atoms with Gasteiger partial charge in [-0.15, -0.1) is 0 Å². The average molecular weight is 309 g/mol. The van der Waals surface area contributed by atoms with Gasteiger partial charge in [-0.1, -0.05) is 12.1 Å². The third-order valence-electron chi connectivity index (χ3n) is 3.24. The Bertz CT molecular complexity index is 717. The van der Waals surface area contributed by atoms with Gasteiger partial charge in [-0.25, -0.2) is 0 Å². The minimum Gasteiger partial charge on any atom is -0.269 e. The van der Waals surface area contributed by atoms with Gasteiger partial charge in [-0.05, 0) is 18.2 Å². The maximum atomic E-state index is 12.3. The molecule has 0 N–H and O–H groups in total. The van der Waals surface area contributed by atoms with Crippen molar-refractivity contribution in [1.29, 1.82) is 0 Å². The molecule has 5 nitrogen and oxygen atoms in total. The molecule has 2 heterocycles. The van der Waals surface area contributed by atoms with E-state index in [2.05, 4.69) is 5.10 Å². The van der Waals surface area contributed by atoms with Crippen LogP contribution in [0.4, 0.5) is 13.2 Å². The molecule has 1 aliphatic rings. The summed E-state index contributed by atoms with van der Waals surface area (Å²) in [6.45, 7) is -1.37. The van der Waals surface area contributed by atoms with Crippen LogP contribution < -0.4 is 0 Å². The Morgan fingerprint density at radius 2 is 1.59 bits per heavy atom. The second kappa shape index (κ2) is 4.97. The summed E-state index contributed by atoms with van der Waals surface area (Å²) >= 11 is 0. The molecule has 0 bridgehead atoms. The van der Waals surface area contributed by atoms with Crippen molar-refractivity contribution in [2.24, 2.45) is 0 Å². The van der Waals surface area contributed by atoms with E-state index in [1.54, 1.807) is 12.1 Å². The molecule has 1 aliphatic heterocycles. The van der Waals surface area contributed by atoms with E-state index in [9.17, 15) is 22.8 Å². The topological polar surface area (TPSA) is 55.2 Å². The summed E-state index contributed by atoms with van der Waals surface area (Å²) < 4.78 is 37.6. The number of carbonyl (C=O) groups is 2. The molecular weight excluding hydrogens is 299 g/mol. The van der Waals surface area contributed by atoms with Gasteiger partial charge in [0.05, 0.1) is 23.4 Å². The summed E-state index contributed by atoms with van der Waals surface area (Å²) in [6.07, 6.45) is -3.21. The first-order valence-corrected chi connectivity index (χ1v) is 6.39. The zero-order valence-electron chi connectivity index (χ0n) is 11.2. The quantitative estimate of drug-likeness (QED) is 0.817. The second-order valence-corrected chi connectivity index (χ2v) is 4.86. The number of benzene rings is 1. The fourth-order valence-electron chi connectivity index (χ4n) is 2.30. The zero-order valence-corrected chi connectivity index (χ0v) is 11.2. The van der Waals surface area contributed by atoms with Crippen molar-refractivity contribution in [3.8, 4) is 0 Å². The molecular formula is C14H10F3N3O2. The standard InChI is InChI=1S/C14H10F3N3O2/c15-14(16,17)8-19-6-5-9(18-19)7-20-12(21)10-3-1-2-4-11(10)13(20)22/h1-6H,7-8H2. The predicted molar refractivity (Wildman–Crippen MR) is 68.9 cm³/mol. The normalized spacial score (nSPS) is 14.6. The Kier molecular flexibility index (Phi) is 3.23. The summed E-state index contributed by atoms with van der Waals surface area (Å²) in [7, 11) is 0. The summed E-state index contributed by atoms with van der Waals surface area (Å²) in [6, 6.07) is 7.72. The molecule has 1 aromatic carbocycles. The van der Waals surface area contributed by atoms with Crippen LogP contribution in [0.2, 0.25) is 0 Å². The van der Waals surface area contributed by atoms with Gasteiger partial charge in [0.1, 0.15) is 6.54 Å². The lowest BCUT2D eigenvalue weighted by atomic mass is 10.1. The maximum absolute atomic E-state index is 12.3. The number of hydrogen-bond acceptors (Lipinski definition) is 3. The highest BCUT2D eigenvalue weighted by molar-refractivity contribution is 6.21. The molecule has 0 saturated carbocycles. The number of amides is 2. The number of nitrogens with zero attached hydrogens (tertiary/aromatic N) is 3. The summed E-state index contributed by atoms with van der Waals surface area (Å²) in [5, 5.41) is 3.74. The monoisotopic (exact) mass is 309 g/mol. The van der Waals surface area contributed by atoms with Crippen molar-refractivity contribution in [1.82, 2.24) is 14.7 Å². The highest BCUT2D eigenvalue weighted by atomic mass is 19.4. The largest absolute Gasteiger partial charge is 0.408 e. The lowest BCUT2D eigenvalue weighted by Crippen LogP contribution is -2.29. The Morgan fingerprint density at radius 3 is 2.14 bits per heavy atom. The number of halogens is 3.